The van der Waals surface area contributed by atoms with E-state index < -0.39 is 0 Å². The largest absolute Gasteiger partial charge is 0.378 e. The Morgan fingerprint density at radius 1 is 1.26 bits per heavy atom. The van der Waals surface area contributed by atoms with E-state index in [2.05, 4.69) is 15.1 Å². The molecule has 19 heavy (non-hydrogen) atoms. The number of likely N-dealkylation sites (N-methyl/N-ethyl adjacent to an activating group) is 1. The van der Waals surface area contributed by atoms with E-state index >= 15 is 0 Å². The summed E-state index contributed by atoms with van der Waals surface area (Å²) in [5, 5.41) is 8.99. The fourth-order valence-corrected chi connectivity index (χ4v) is 1.82. The Kier molecular flexibility index (Phi) is 4.22. The second kappa shape index (κ2) is 5.89. The lowest BCUT2D eigenvalue weighted by Crippen LogP contribution is -2.12. The summed E-state index contributed by atoms with van der Waals surface area (Å²) in [6.07, 6.45) is 5.92. The van der Waals surface area contributed by atoms with Gasteiger partial charge in [-0.25, -0.2) is 0 Å². The minimum atomic E-state index is 0.604. The molecule has 1 aromatic carbocycles. The quantitative estimate of drug-likeness (QED) is 0.786. The molecule has 0 bridgehead atoms. The molecule has 0 fully saturated rings. The number of benzene rings is 1. The van der Waals surface area contributed by atoms with Crippen LogP contribution in [-0.2, 0) is 0 Å². The van der Waals surface area contributed by atoms with Crippen molar-refractivity contribution in [2.75, 3.05) is 32.6 Å². The predicted molar refractivity (Wildman–Crippen MR) is 80.1 cm³/mol. The van der Waals surface area contributed by atoms with Gasteiger partial charge in [0.25, 0.3) is 0 Å². The Labute approximate surface area is 118 Å². The third-order valence-corrected chi connectivity index (χ3v) is 3.11. The van der Waals surface area contributed by atoms with Gasteiger partial charge in [-0.2, -0.15) is 5.11 Å². The lowest BCUT2D eigenvalue weighted by Gasteiger charge is -2.14. The van der Waals surface area contributed by atoms with E-state index in [0.29, 0.717) is 10.7 Å². The molecule has 1 aliphatic heterocycles. The fourth-order valence-electron chi connectivity index (χ4n) is 1.61. The van der Waals surface area contributed by atoms with Gasteiger partial charge < -0.3 is 9.80 Å². The standard InChI is InChI=1S/C14H17ClN4/c1-18(2)12-4-5-14(13(15)10-12)17-16-11-6-8-19(3)9-7-11/h4-8,10H,9H2,1-3H3. The monoisotopic (exact) mass is 276 g/mol. The van der Waals surface area contributed by atoms with E-state index in [1.54, 1.807) is 0 Å². The molecule has 1 aromatic rings. The Bertz CT molecular complexity index is 546. The van der Waals surface area contributed by atoms with Crippen molar-refractivity contribution in [3.05, 3.63) is 47.3 Å². The topological polar surface area (TPSA) is 31.2 Å². The number of hydrogen-bond donors (Lipinski definition) is 0. The molecule has 1 aliphatic rings. The molecule has 0 saturated carbocycles. The van der Waals surface area contributed by atoms with Gasteiger partial charge in [0.1, 0.15) is 5.69 Å². The molecular formula is C14H17ClN4. The number of azo groups is 1. The summed E-state index contributed by atoms with van der Waals surface area (Å²) >= 11 is 6.19. The maximum atomic E-state index is 6.19. The Morgan fingerprint density at radius 2 is 2.05 bits per heavy atom. The van der Waals surface area contributed by atoms with E-state index in [4.69, 9.17) is 11.6 Å². The minimum absolute atomic E-state index is 0.604. The molecule has 0 atom stereocenters. The number of anilines is 1. The summed E-state index contributed by atoms with van der Waals surface area (Å²) < 4.78 is 0. The average molecular weight is 277 g/mol. The summed E-state index contributed by atoms with van der Waals surface area (Å²) in [7, 11) is 5.96. The van der Waals surface area contributed by atoms with Gasteiger partial charge >= 0.3 is 0 Å². The van der Waals surface area contributed by atoms with Crippen molar-refractivity contribution in [2.24, 2.45) is 10.2 Å². The highest BCUT2D eigenvalue weighted by molar-refractivity contribution is 6.33. The lowest BCUT2D eigenvalue weighted by molar-refractivity contribution is 0.501. The lowest BCUT2D eigenvalue weighted by atomic mass is 10.2. The van der Waals surface area contributed by atoms with E-state index in [1.807, 2.05) is 62.6 Å². The summed E-state index contributed by atoms with van der Waals surface area (Å²) in [5.74, 6) is 0. The van der Waals surface area contributed by atoms with Crippen LogP contribution in [0.2, 0.25) is 5.02 Å². The second-order valence-electron chi connectivity index (χ2n) is 4.61. The average Bonchev–Trinajstić information content (AvgIpc) is 2.39. The van der Waals surface area contributed by atoms with Crippen molar-refractivity contribution < 1.29 is 0 Å². The van der Waals surface area contributed by atoms with Crippen LogP contribution in [0.1, 0.15) is 0 Å². The zero-order valence-corrected chi connectivity index (χ0v) is 12.1. The van der Waals surface area contributed by atoms with Crippen LogP contribution in [0, 0.1) is 0 Å². The zero-order valence-electron chi connectivity index (χ0n) is 11.3. The smallest absolute Gasteiger partial charge is 0.104 e. The van der Waals surface area contributed by atoms with Gasteiger partial charge in [0.2, 0.25) is 0 Å². The third-order valence-electron chi connectivity index (χ3n) is 2.81. The molecule has 0 N–H and O–H groups in total. The van der Waals surface area contributed by atoms with Crippen molar-refractivity contribution in [2.45, 2.75) is 0 Å². The Hall–Kier alpha value is -1.81. The highest BCUT2D eigenvalue weighted by Gasteiger charge is 2.03. The first-order chi connectivity index (χ1) is 9.06. The number of allylic oxidation sites excluding steroid dienone is 1. The first kappa shape index (κ1) is 13.6. The van der Waals surface area contributed by atoms with Gasteiger partial charge in [0.15, 0.2) is 0 Å². The molecular weight excluding hydrogens is 260 g/mol. The Morgan fingerprint density at radius 3 is 2.63 bits per heavy atom. The molecule has 5 heteroatoms. The molecule has 100 valence electrons. The van der Waals surface area contributed by atoms with Gasteiger partial charge in [0, 0.05) is 39.6 Å². The third kappa shape index (κ3) is 3.58. The van der Waals surface area contributed by atoms with Gasteiger partial charge in [-0.15, -0.1) is 5.11 Å². The number of halogens is 1. The van der Waals surface area contributed by atoms with Crippen molar-refractivity contribution in [1.29, 1.82) is 0 Å². The highest BCUT2D eigenvalue weighted by atomic mass is 35.5. The van der Waals surface area contributed by atoms with Crippen LogP contribution in [0.5, 0.6) is 0 Å². The van der Waals surface area contributed by atoms with E-state index in [9.17, 15) is 0 Å². The molecule has 1 heterocycles. The molecule has 0 spiro atoms. The summed E-state index contributed by atoms with van der Waals surface area (Å²) in [6.45, 7) is 0.845. The molecule has 0 unspecified atom stereocenters. The normalized spacial score (nSPS) is 14.9. The van der Waals surface area contributed by atoms with Crippen LogP contribution >= 0.6 is 11.6 Å². The second-order valence-corrected chi connectivity index (χ2v) is 5.02. The SMILES string of the molecule is CN1C=CC(N=Nc2ccc(N(C)C)cc2Cl)=CC1. The number of hydrogen-bond acceptors (Lipinski definition) is 4. The van der Waals surface area contributed by atoms with E-state index in [0.717, 1.165) is 17.9 Å². The van der Waals surface area contributed by atoms with Gasteiger partial charge in [-0.3, -0.25) is 0 Å². The van der Waals surface area contributed by atoms with Crippen LogP contribution in [0.25, 0.3) is 0 Å². The van der Waals surface area contributed by atoms with Crippen LogP contribution < -0.4 is 4.90 Å². The zero-order chi connectivity index (χ0) is 13.8. The number of rotatable bonds is 3. The summed E-state index contributed by atoms with van der Waals surface area (Å²) in [6, 6.07) is 5.73. The fraction of sp³-hybridized carbons (Fsp3) is 0.286. The number of nitrogens with zero attached hydrogens (tertiary/aromatic N) is 4. The molecule has 0 radical (unpaired) electrons. The Balaban J connectivity index is 2.13. The predicted octanol–water partition coefficient (Wildman–Crippen LogP) is 3.83. The van der Waals surface area contributed by atoms with Crippen molar-refractivity contribution in [3.8, 4) is 0 Å². The summed E-state index contributed by atoms with van der Waals surface area (Å²) in [4.78, 5) is 4.06. The van der Waals surface area contributed by atoms with Gasteiger partial charge in [-0.05, 0) is 30.4 Å². The van der Waals surface area contributed by atoms with Crippen molar-refractivity contribution >= 4 is 23.0 Å². The maximum absolute atomic E-state index is 6.19. The molecule has 0 aliphatic carbocycles. The van der Waals surface area contributed by atoms with Crippen LogP contribution in [0.3, 0.4) is 0 Å². The first-order valence-corrected chi connectivity index (χ1v) is 6.41. The molecule has 0 amide bonds. The van der Waals surface area contributed by atoms with Gasteiger partial charge in [-0.1, -0.05) is 11.6 Å². The van der Waals surface area contributed by atoms with Crippen molar-refractivity contribution in [1.82, 2.24) is 4.90 Å². The molecule has 4 nitrogen and oxygen atoms in total. The van der Waals surface area contributed by atoms with Crippen molar-refractivity contribution in [3.63, 3.8) is 0 Å². The molecule has 0 saturated heterocycles. The molecule has 2 rings (SSSR count). The minimum Gasteiger partial charge on any atom is -0.378 e. The maximum Gasteiger partial charge on any atom is 0.104 e. The molecule has 0 aromatic heterocycles. The van der Waals surface area contributed by atoms with Crippen LogP contribution in [0.4, 0.5) is 11.4 Å². The van der Waals surface area contributed by atoms with Crippen LogP contribution in [0.15, 0.2) is 52.5 Å². The van der Waals surface area contributed by atoms with Gasteiger partial charge in [0.05, 0.1) is 10.7 Å². The van der Waals surface area contributed by atoms with E-state index in [1.165, 1.54) is 0 Å². The summed E-state index contributed by atoms with van der Waals surface area (Å²) in [5.41, 5.74) is 2.58. The van der Waals surface area contributed by atoms with Crippen LogP contribution in [-0.4, -0.2) is 32.6 Å². The van der Waals surface area contributed by atoms with E-state index in [-0.39, 0.29) is 0 Å². The first-order valence-electron chi connectivity index (χ1n) is 6.03. The highest BCUT2D eigenvalue weighted by Crippen LogP contribution is 2.29.